The van der Waals surface area contributed by atoms with Crippen LogP contribution in [-0.4, -0.2) is 17.9 Å². The van der Waals surface area contributed by atoms with Crippen LogP contribution in [-0.2, 0) is 9.53 Å². The molecule has 54 valence electrons. The smallest absolute Gasteiger partial charge is 0.306 e. The predicted molar refractivity (Wildman–Crippen MR) is 39.7 cm³/mol. The molecular weight excluding hydrogens is 184 g/mol. The topological polar surface area (TPSA) is 26.3 Å². The largest absolute Gasteiger partial charge is 0.466 e. The van der Waals surface area contributed by atoms with E-state index in [0.717, 1.165) is 6.42 Å². The Bertz CT molecular complexity index is 83.1. The molecule has 0 aromatic heterocycles. The van der Waals surface area contributed by atoms with E-state index >= 15 is 0 Å². The fourth-order valence-corrected chi connectivity index (χ4v) is 0.689. The standard InChI is InChI=1S/C6H11BrO2/c1-2-5-9-6(8)3-4-7/h2-5H2,1H3. The molecular formula is C6H11BrO2. The number of carbonyl (C=O) groups is 1. The lowest BCUT2D eigenvalue weighted by atomic mass is 10.5. The molecule has 9 heavy (non-hydrogen) atoms. The summed E-state index contributed by atoms with van der Waals surface area (Å²) in [4.78, 5) is 10.5. The number of hydrogen-bond acceptors (Lipinski definition) is 2. The van der Waals surface area contributed by atoms with Crippen molar-refractivity contribution in [3.8, 4) is 0 Å². The molecule has 0 aliphatic rings. The van der Waals surface area contributed by atoms with E-state index in [2.05, 4.69) is 15.9 Å². The maximum absolute atomic E-state index is 10.5. The SMILES string of the molecule is CCCOC(=O)CCBr. The molecule has 0 saturated heterocycles. The van der Waals surface area contributed by atoms with Crippen LogP contribution in [0.5, 0.6) is 0 Å². The summed E-state index contributed by atoms with van der Waals surface area (Å²) < 4.78 is 4.76. The predicted octanol–water partition coefficient (Wildman–Crippen LogP) is 1.72. The van der Waals surface area contributed by atoms with E-state index in [1.165, 1.54) is 0 Å². The summed E-state index contributed by atoms with van der Waals surface area (Å²) in [5.41, 5.74) is 0. The van der Waals surface area contributed by atoms with Crippen molar-refractivity contribution in [2.45, 2.75) is 19.8 Å². The third kappa shape index (κ3) is 5.83. The van der Waals surface area contributed by atoms with E-state index in [0.29, 0.717) is 18.4 Å². The first kappa shape index (κ1) is 8.95. The molecule has 0 atom stereocenters. The number of halogens is 1. The molecule has 3 heteroatoms. The average Bonchev–Trinajstić information content (AvgIpc) is 1.85. The molecule has 0 saturated carbocycles. The Balaban J connectivity index is 3.06. The van der Waals surface area contributed by atoms with Gasteiger partial charge in [0.2, 0.25) is 0 Å². The molecule has 0 radical (unpaired) electrons. The van der Waals surface area contributed by atoms with Crippen LogP contribution in [0.1, 0.15) is 19.8 Å². The Morgan fingerprint density at radius 2 is 2.33 bits per heavy atom. The molecule has 0 bridgehead atoms. The third-order valence-electron chi connectivity index (χ3n) is 0.766. The van der Waals surface area contributed by atoms with E-state index in [1.54, 1.807) is 0 Å². The summed E-state index contributed by atoms with van der Waals surface area (Å²) in [6, 6.07) is 0. The van der Waals surface area contributed by atoms with Crippen molar-refractivity contribution < 1.29 is 9.53 Å². The third-order valence-corrected chi connectivity index (χ3v) is 1.16. The summed E-state index contributed by atoms with van der Waals surface area (Å²) in [7, 11) is 0. The maximum Gasteiger partial charge on any atom is 0.306 e. The quantitative estimate of drug-likeness (QED) is 0.504. The van der Waals surface area contributed by atoms with Crippen LogP contribution in [0.25, 0.3) is 0 Å². The fraction of sp³-hybridized carbons (Fsp3) is 0.833. The second-order valence-corrected chi connectivity index (χ2v) is 2.45. The summed E-state index contributed by atoms with van der Waals surface area (Å²) >= 11 is 3.14. The van der Waals surface area contributed by atoms with Crippen molar-refractivity contribution in [3.05, 3.63) is 0 Å². The lowest BCUT2D eigenvalue weighted by Crippen LogP contribution is -2.04. The summed E-state index contributed by atoms with van der Waals surface area (Å²) in [6.45, 7) is 2.52. The van der Waals surface area contributed by atoms with E-state index in [9.17, 15) is 4.79 Å². The maximum atomic E-state index is 10.5. The van der Waals surface area contributed by atoms with Gasteiger partial charge in [0.15, 0.2) is 0 Å². The van der Waals surface area contributed by atoms with E-state index in [4.69, 9.17) is 4.74 Å². The van der Waals surface area contributed by atoms with Crippen molar-refractivity contribution in [2.75, 3.05) is 11.9 Å². The molecule has 0 rings (SSSR count). The van der Waals surface area contributed by atoms with Crippen molar-refractivity contribution in [1.29, 1.82) is 0 Å². The van der Waals surface area contributed by atoms with Crippen LogP contribution in [0.4, 0.5) is 0 Å². The van der Waals surface area contributed by atoms with Gasteiger partial charge in [0, 0.05) is 5.33 Å². The van der Waals surface area contributed by atoms with Gasteiger partial charge < -0.3 is 4.74 Å². The van der Waals surface area contributed by atoms with Gasteiger partial charge in [-0.15, -0.1) is 0 Å². The summed E-state index contributed by atoms with van der Waals surface area (Å²) in [5.74, 6) is -0.117. The van der Waals surface area contributed by atoms with Crippen LogP contribution in [0.15, 0.2) is 0 Å². The summed E-state index contributed by atoms with van der Waals surface area (Å²) in [6.07, 6.45) is 1.37. The minimum Gasteiger partial charge on any atom is -0.466 e. The van der Waals surface area contributed by atoms with Gasteiger partial charge in [0.25, 0.3) is 0 Å². The number of hydrogen-bond donors (Lipinski definition) is 0. The van der Waals surface area contributed by atoms with Crippen LogP contribution >= 0.6 is 15.9 Å². The lowest BCUT2D eigenvalue weighted by Gasteiger charge is -1.98. The van der Waals surface area contributed by atoms with E-state index in [1.807, 2.05) is 6.92 Å². The zero-order chi connectivity index (χ0) is 7.11. The average molecular weight is 195 g/mol. The van der Waals surface area contributed by atoms with Crippen LogP contribution in [0, 0.1) is 0 Å². The van der Waals surface area contributed by atoms with Crippen LogP contribution in [0.2, 0.25) is 0 Å². The van der Waals surface area contributed by atoms with Gasteiger partial charge in [-0.1, -0.05) is 22.9 Å². The Labute approximate surface area is 63.7 Å². The van der Waals surface area contributed by atoms with Gasteiger partial charge in [0.05, 0.1) is 13.0 Å². The van der Waals surface area contributed by atoms with Crippen molar-refractivity contribution in [3.63, 3.8) is 0 Å². The fourth-order valence-electron chi connectivity index (χ4n) is 0.365. The molecule has 0 unspecified atom stereocenters. The van der Waals surface area contributed by atoms with Gasteiger partial charge in [-0.3, -0.25) is 4.79 Å². The van der Waals surface area contributed by atoms with Crippen molar-refractivity contribution in [2.24, 2.45) is 0 Å². The van der Waals surface area contributed by atoms with Gasteiger partial charge >= 0.3 is 5.97 Å². The molecule has 0 fully saturated rings. The van der Waals surface area contributed by atoms with Gasteiger partial charge in [-0.25, -0.2) is 0 Å². The first-order valence-corrected chi connectivity index (χ1v) is 4.15. The highest BCUT2D eigenvalue weighted by Gasteiger charge is 1.97. The lowest BCUT2D eigenvalue weighted by molar-refractivity contribution is -0.143. The zero-order valence-electron chi connectivity index (χ0n) is 5.52. The molecule has 2 nitrogen and oxygen atoms in total. The van der Waals surface area contributed by atoms with Gasteiger partial charge in [0.1, 0.15) is 0 Å². The van der Waals surface area contributed by atoms with E-state index in [-0.39, 0.29) is 5.97 Å². The zero-order valence-corrected chi connectivity index (χ0v) is 7.11. The first-order valence-electron chi connectivity index (χ1n) is 3.02. The Morgan fingerprint density at radius 1 is 1.67 bits per heavy atom. The highest BCUT2D eigenvalue weighted by atomic mass is 79.9. The number of esters is 1. The first-order chi connectivity index (χ1) is 4.31. The van der Waals surface area contributed by atoms with Crippen LogP contribution < -0.4 is 0 Å². The minimum absolute atomic E-state index is 0.117. The molecule has 0 heterocycles. The highest BCUT2D eigenvalue weighted by molar-refractivity contribution is 9.09. The Hall–Kier alpha value is -0.0500. The Morgan fingerprint density at radius 3 is 2.78 bits per heavy atom. The summed E-state index contributed by atoms with van der Waals surface area (Å²) in [5, 5.41) is 0.690. The second kappa shape index (κ2) is 6.08. The molecule has 0 aliphatic heterocycles. The number of alkyl halides is 1. The normalized spacial score (nSPS) is 9.11. The highest BCUT2D eigenvalue weighted by Crippen LogP contribution is 1.91. The van der Waals surface area contributed by atoms with Crippen LogP contribution in [0.3, 0.4) is 0 Å². The van der Waals surface area contributed by atoms with Crippen molar-refractivity contribution >= 4 is 21.9 Å². The minimum atomic E-state index is -0.117. The van der Waals surface area contributed by atoms with E-state index < -0.39 is 0 Å². The number of ether oxygens (including phenoxy) is 1. The van der Waals surface area contributed by atoms with Gasteiger partial charge in [-0.2, -0.15) is 0 Å². The molecule has 0 aromatic carbocycles. The van der Waals surface area contributed by atoms with Crippen molar-refractivity contribution in [1.82, 2.24) is 0 Å². The Kier molecular flexibility index (Phi) is 6.04. The molecule has 0 aliphatic carbocycles. The molecule has 0 amide bonds. The molecule has 0 spiro atoms. The monoisotopic (exact) mass is 194 g/mol. The number of carbonyl (C=O) groups excluding carboxylic acids is 1. The second-order valence-electron chi connectivity index (χ2n) is 1.66. The number of rotatable bonds is 4. The van der Waals surface area contributed by atoms with Gasteiger partial charge in [-0.05, 0) is 6.42 Å². The molecule has 0 aromatic rings. The molecule has 0 N–H and O–H groups in total.